The molecule has 0 saturated heterocycles. The van der Waals surface area contributed by atoms with Gasteiger partial charge in [0.2, 0.25) is 5.71 Å². The highest BCUT2D eigenvalue weighted by Gasteiger charge is 2.32. The Hall–Kier alpha value is -4.32. The van der Waals surface area contributed by atoms with E-state index in [4.69, 9.17) is 9.52 Å². The molecule has 1 saturated carbocycles. The number of aryl methyl sites for hydroxylation is 2. The van der Waals surface area contributed by atoms with Gasteiger partial charge in [-0.1, -0.05) is 0 Å². The fourth-order valence-corrected chi connectivity index (χ4v) is 4.53. The summed E-state index contributed by atoms with van der Waals surface area (Å²) in [6.45, 7) is 1.93. The second-order valence-corrected chi connectivity index (χ2v) is 8.68. The Labute approximate surface area is 194 Å². The van der Waals surface area contributed by atoms with E-state index < -0.39 is 0 Å². The van der Waals surface area contributed by atoms with Crippen molar-refractivity contribution in [2.24, 2.45) is 13.0 Å². The summed E-state index contributed by atoms with van der Waals surface area (Å²) in [6.07, 6.45) is 6.86. The van der Waals surface area contributed by atoms with Crippen molar-refractivity contribution >= 4 is 11.1 Å². The number of aromatic nitrogens is 6. The van der Waals surface area contributed by atoms with Crippen molar-refractivity contribution < 1.29 is 8.81 Å². The molecule has 0 amide bonds. The number of hydrogen-bond donors (Lipinski definition) is 0. The summed E-state index contributed by atoms with van der Waals surface area (Å²) in [7, 11) is 1.87. The van der Waals surface area contributed by atoms with Crippen LogP contribution < -0.4 is 0 Å². The largest absolute Gasteiger partial charge is 0.437 e. The molecule has 9 heteroatoms. The number of furan rings is 1. The molecule has 1 aliphatic rings. The zero-order valence-electron chi connectivity index (χ0n) is 18.6. The van der Waals surface area contributed by atoms with E-state index in [0.29, 0.717) is 22.9 Å². The monoisotopic (exact) mass is 453 g/mol. The fourth-order valence-electron chi connectivity index (χ4n) is 4.53. The normalized spacial score (nSPS) is 17.6. The first-order valence-corrected chi connectivity index (χ1v) is 11.0. The molecule has 0 unspecified atom stereocenters. The third kappa shape index (κ3) is 3.27. The van der Waals surface area contributed by atoms with E-state index in [1.807, 2.05) is 37.1 Å². The highest BCUT2D eigenvalue weighted by molar-refractivity contribution is 5.96. The summed E-state index contributed by atoms with van der Waals surface area (Å²) in [4.78, 5) is 8.93. The predicted octanol–water partition coefficient (Wildman–Crippen LogP) is 5.08. The molecular weight excluding hydrogens is 433 g/mol. The topological polar surface area (TPSA) is 98.3 Å². The molecule has 168 valence electrons. The van der Waals surface area contributed by atoms with E-state index >= 15 is 0 Å². The van der Waals surface area contributed by atoms with Gasteiger partial charge in [-0.25, -0.2) is 14.4 Å². The summed E-state index contributed by atoms with van der Waals surface area (Å²) < 4.78 is 23.3. The first kappa shape index (κ1) is 20.3. The fraction of sp³-hybridized carbons (Fsp3) is 0.240. The Balaban J connectivity index is 1.51. The van der Waals surface area contributed by atoms with Crippen LogP contribution in [0.25, 0.3) is 44.9 Å². The molecule has 5 aromatic rings. The van der Waals surface area contributed by atoms with Crippen molar-refractivity contribution in [1.29, 1.82) is 5.26 Å². The predicted molar refractivity (Wildman–Crippen MR) is 123 cm³/mol. The van der Waals surface area contributed by atoms with Crippen molar-refractivity contribution in [3.05, 3.63) is 60.6 Å². The SMILES string of the molecule is Cc1nn(C)cc1-c1cc2c(-c3cn([C@H]4C[C@H](C#N)C4)nc3-c3ccc(F)cc3)ncnc2o1. The molecule has 4 heterocycles. The van der Waals surface area contributed by atoms with Gasteiger partial charge in [0.1, 0.15) is 23.6 Å². The Morgan fingerprint density at radius 1 is 1.06 bits per heavy atom. The Bertz CT molecular complexity index is 1570. The summed E-state index contributed by atoms with van der Waals surface area (Å²) in [6, 6.07) is 10.7. The molecule has 0 spiro atoms. The van der Waals surface area contributed by atoms with Crippen LogP contribution in [0.3, 0.4) is 0 Å². The number of hydrogen-bond acceptors (Lipinski definition) is 6. The van der Waals surface area contributed by atoms with E-state index in [9.17, 15) is 9.65 Å². The highest BCUT2D eigenvalue weighted by atomic mass is 19.1. The maximum atomic E-state index is 13.6. The molecule has 1 aliphatic carbocycles. The lowest BCUT2D eigenvalue weighted by Crippen LogP contribution is -2.26. The van der Waals surface area contributed by atoms with E-state index in [0.717, 1.165) is 40.6 Å². The zero-order valence-corrected chi connectivity index (χ0v) is 18.6. The van der Waals surface area contributed by atoms with Gasteiger partial charge in [-0.3, -0.25) is 9.36 Å². The number of halogens is 1. The summed E-state index contributed by atoms with van der Waals surface area (Å²) in [5.41, 5.74) is 5.17. The average Bonchev–Trinajstić information content (AvgIpc) is 3.49. The van der Waals surface area contributed by atoms with Crippen LogP contribution in [-0.4, -0.2) is 29.5 Å². The maximum absolute atomic E-state index is 13.6. The van der Waals surface area contributed by atoms with Crippen molar-refractivity contribution in [2.75, 3.05) is 0 Å². The molecule has 0 radical (unpaired) electrons. The van der Waals surface area contributed by atoms with Gasteiger partial charge < -0.3 is 4.42 Å². The standard InChI is InChI=1S/C25H20FN7O/c1-14-20(11-32(2)30-14)22-9-19-24(28-13-29-25(19)34-22)21-12-33(18-7-15(8-18)10-27)31-23(21)16-3-5-17(26)6-4-16/h3-6,9,11-13,15,18H,7-8H2,1-2H3/t15-,18-. The minimum atomic E-state index is -0.309. The van der Waals surface area contributed by atoms with E-state index in [1.165, 1.54) is 18.5 Å². The number of nitriles is 1. The number of fused-ring (bicyclic) bond motifs is 1. The molecule has 8 nitrogen and oxygen atoms in total. The molecule has 1 fully saturated rings. The van der Waals surface area contributed by atoms with Gasteiger partial charge in [0.25, 0.3) is 0 Å². The third-order valence-corrected chi connectivity index (χ3v) is 6.38. The van der Waals surface area contributed by atoms with E-state index in [2.05, 4.69) is 21.1 Å². The van der Waals surface area contributed by atoms with Gasteiger partial charge in [0.05, 0.1) is 40.4 Å². The van der Waals surface area contributed by atoms with Crippen molar-refractivity contribution in [3.8, 4) is 39.9 Å². The second kappa shape index (κ2) is 7.63. The lowest BCUT2D eigenvalue weighted by Gasteiger charge is -2.30. The minimum absolute atomic E-state index is 0.0526. The van der Waals surface area contributed by atoms with Crippen LogP contribution in [0, 0.1) is 30.0 Å². The molecular formula is C25H20FN7O. The number of benzene rings is 1. The van der Waals surface area contributed by atoms with Crippen LogP contribution in [0.1, 0.15) is 24.6 Å². The minimum Gasteiger partial charge on any atom is -0.437 e. The van der Waals surface area contributed by atoms with Crippen molar-refractivity contribution in [1.82, 2.24) is 29.5 Å². The number of nitrogens with zero attached hydrogens (tertiary/aromatic N) is 7. The maximum Gasteiger partial charge on any atom is 0.230 e. The van der Waals surface area contributed by atoms with Crippen LogP contribution in [-0.2, 0) is 7.05 Å². The van der Waals surface area contributed by atoms with Crippen LogP contribution in [0.15, 0.2) is 53.5 Å². The van der Waals surface area contributed by atoms with Crippen LogP contribution in [0.2, 0.25) is 0 Å². The Kier molecular flexibility index (Phi) is 4.55. The Morgan fingerprint density at radius 2 is 1.85 bits per heavy atom. The quantitative estimate of drug-likeness (QED) is 0.377. The average molecular weight is 453 g/mol. The van der Waals surface area contributed by atoms with Crippen LogP contribution in [0.4, 0.5) is 4.39 Å². The zero-order chi connectivity index (χ0) is 23.4. The lowest BCUT2D eigenvalue weighted by molar-refractivity contribution is 0.230. The van der Waals surface area contributed by atoms with Gasteiger partial charge in [0.15, 0.2) is 0 Å². The van der Waals surface area contributed by atoms with Crippen LogP contribution in [0.5, 0.6) is 0 Å². The summed E-state index contributed by atoms with van der Waals surface area (Å²) in [5, 5.41) is 19.2. The first-order valence-electron chi connectivity index (χ1n) is 11.0. The highest BCUT2D eigenvalue weighted by Crippen LogP contribution is 2.41. The van der Waals surface area contributed by atoms with Gasteiger partial charge >= 0.3 is 0 Å². The summed E-state index contributed by atoms with van der Waals surface area (Å²) >= 11 is 0. The van der Waals surface area contributed by atoms with Gasteiger partial charge in [-0.15, -0.1) is 0 Å². The van der Waals surface area contributed by atoms with E-state index in [-0.39, 0.29) is 17.8 Å². The lowest BCUT2D eigenvalue weighted by atomic mass is 9.81. The van der Waals surface area contributed by atoms with Gasteiger partial charge in [0, 0.05) is 30.6 Å². The van der Waals surface area contributed by atoms with Crippen LogP contribution >= 0.6 is 0 Å². The first-order chi connectivity index (χ1) is 16.5. The molecule has 4 aromatic heterocycles. The molecule has 0 N–H and O–H groups in total. The van der Waals surface area contributed by atoms with Gasteiger partial charge in [-0.2, -0.15) is 15.5 Å². The molecule has 0 aliphatic heterocycles. The molecule has 6 rings (SSSR count). The third-order valence-electron chi connectivity index (χ3n) is 6.38. The molecule has 34 heavy (non-hydrogen) atoms. The van der Waals surface area contributed by atoms with Crippen molar-refractivity contribution in [2.45, 2.75) is 25.8 Å². The van der Waals surface area contributed by atoms with Gasteiger partial charge in [-0.05, 0) is 50.1 Å². The summed E-state index contributed by atoms with van der Waals surface area (Å²) in [5.74, 6) is 0.405. The molecule has 1 aromatic carbocycles. The Morgan fingerprint density at radius 3 is 2.56 bits per heavy atom. The molecule has 0 bridgehead atoms. The molecule has 0 atom stereocenters. The van der Waals surface area contributed by atoms with E-state index in [1.54, 1.807) is 16.8 Å². The second-order valence-electron chi connectivity index (χ2n) is 8.68. The van der Waals surface area contributed by atoms with Crippen molar-refractivity contribution in [3.63, 3.8) is 0 Å². The number of rotatable bonds is 4. The smallest absolute Gasteiger partial charge is 0.230 e.